The molecule has 1 heterocycles. The number of hydrogen-bond acceptors (Lipinski definition) is 4. The molecule has 0 aliphatic heterocycles. The van der Waals surface area contributed by atoms with Gasteiger partial charge in [-0.2, -0.15) is 5.10 Å². The summed E-state index contributed by atoms with van der Waals surface area (Å²) in [6, 6.07) is 7.71. The van der Waals surface area contributed by atoms with Gasteiger partial charge in [0.25, 0.3) is 0 Å². The maximum Gasteiger partial charge on any atom is 0.358 e. The van der Waals surface area contributed by atoms with E-state index in [4.69, 9.17) is 9.47 Å². The van der Waals surface area contributed by atoms with Crippen molar-refractivity contribution >= 4 is 5.97 Å². The number of aromatic nitrogens is 2. The van der Waals surface area contributed by atoms with Crippen LogP contribution in [0, 0.1) is 13.8 Å². The second kappa shape index (κ2) is 7.64. The number of ether oxygens (including phenoxy) is 2. The quantitative estimate of drug-likeness (QED) is 0.630. The lowest BCUT2D eigenvalue weighted by molar-refractivity contribution is 0.0443. The summed E-state index contributed by atoms with van der Waals surface area (Å²) < 4.78 is 10.9. The molecule has 0 fully saturated rings. The molecule has 0 aliphatic rings. The summed E-state index contributed by atoms with van der Waals surface area (Å²) in [5.41, 5.74) is 3.41. The van der Waals surface area contributed by atoms with Crippen molar-refractivity contribution in [1.82, 2.24) is 10.2 Å². The van der Waals surface area contributed by atoms with Crippen molar-refractivity contribution in [1.29, 1.82) is 0 Å². The van der Waals surface area contributed by atoms with Crippen LogP contribution in [-0.2, 0) is 11.2 Å². The lowest BCUT2D eigenvalue weighted by atomic mass is 10.1. The largest absolute Gasteiger partial charge is 0.489 e. The molecule has 0 saturated carbocycles. The molecule has 0 unspecified atom stereocenters. The SMILES string of the molecule is CCCc1cc(C(=O)OCCOc2c(C)cccc2C)n[nH]1. The molecule has 5 heteroatoms. The van der Waals surface area contributed by atoms with Crippen LogP contribution in [0.2, 0.25) is 0 Å². The highest BCUT2D eigenvalue weighted by molar-refractivity contribution is 5.87. The molecule has 0 atom stereocenters. The standard InChI is InChI=1S/C17H22N2O3/c1-4-6-14-11-15(19-18-14)17(20)22-10-9-21-16-12(2)7-5-8-13(16)3/h5,7-8,11H,4,6,9-10H2,1-3H3,(H,18,19). The van der Waals surface area contributed by atoms with E-state index in [-0.39, 0.29) is 6.61 Å². The molecular weight excluding hydrogens is 280 g/mol. The Balaban J connectivity index is 1.79. The van der Waals surface area contributed by atoms with Gasteiger partial charge in [0, 0.05) is 5.69 Å². The van der Waals surface area contributed by atoms with Crippen LogP contribution in [0.4, 0.5) is 0 Å². The van der Waals surface area contributed by atoms with Crippen LogP contribution in [0.5, 0.6) is 5.75 Å². The number of para-hydroxylation sites is 1. The highest BCUT2D eigenvalue weighted by atomic mass is 16.6. The zero-order valence-electron chi connectivity index (χ0n) is 13.3. The summed E-state index contributed by atoms with van der Waals surface area (Å²) in [5.74, 6) is 0.423. The number of aromatic amines is 1. The van der Waals surface area contributed by atoms with Gasteiger partial charge < -0.3 is 9.47 Å². The predicted octanol–water partition coefficient (Wildman–Crippen LogP) is 3.21. The van der Waals surface area contributed by atoms with Crippen LogP contribution in [0.25, 0.3) is 0 Å². The minimum atomic E-state index is -0.427. The maximum absolute atomic E-state index is 11.8. The molecule has 1 aromatic heterocycles. The first-order chi connectivity index (χ1) is 10.6. The van der Waals surface area contributed by atoms with Gasteiger partial charge in [0.2, 0.25) is 0 Å². The van der Waals surface area contributed by atoms with Gasteiger partial charge in [-0.25, -0.2) is 4.79 Å². The molecule has 0 bridgehead atoms. The van der Waals surface area contributed by atoms with Crippen molar-refractivity contribution in [3.63, 3.8) is 0 Å². The number of hydrogen-bond donors (Lipinski definition) is 1. The Hall–Kier alpha value is -2.30. The van der Waals surface area contributed by atoms with Crippen LogP contribution >= 0.6 is 0 Å². The topological polar surface area (TPSA) is 64.2 Å². The minimum Gasteiger partial charge on any atom is -0.489 e. The van der Waals surface area contributed by atoms with E-state index in [1.165, 1.54) is 0 Å². The first-order valence-corrected chi connectivity index (χ1v) is 7.52. The molecule has 0 spiro atoms. The number of carbonyl (C=O) groups is 1. The predicted molar refractivity (Wildman–Crippen MR) is 84.3 cm³/mol. The van der Waals surface area contributed by atoms with E-state index in [9.17, 15) is 4.79 Å². The molecule has 5 nitrogen and oxygen atoms in total. The number of nitrogens with zero attached hydrogens (tertiary/aromatic N) is 1. The Morgan fingerprint density at radius 1 is 1.23 bits per heavy atom. The lowest BCUT2D eigenvalue weighted by Crippen LogP contribution is -2.13. The smallest absolute Gasteiger partial charge is 0.358 e. The fraction of sp³-hybridized carbons (Fsp3) is 0.412. The van der Waals surface area contributed by atoms with Crippen molar-refractivity contribution in [3.05, 3.63) is 46.8 Å². The molecule has 0 aliphatic carbocycles. The summed E-state index contributed by atoms with van der Waals surface area (Å²) in [5, 5.41) is 6.80. The minimum absolute atomic E-state index is 0.197. The summed E-state index contributed by atoms with van der Waals surface area (Å²) in [6.45, 7) is 6.58. The van der Waals surface area contributed by atoms with Gasteiger partial charge in [-0.15, -0.1) is 0 Å². The maximum atomic E-state index is 11.8. The molecule has 0 radical (unpaired) electrons. The Bertz CT molecular complexity index is 614. The zero-order valence-corrected chi connectivity index (χ0v) is 13.3. The molecule has 0 amide bonds. The van der Waals surface area contributed by atoms with Gasteiger partial charge >= 0.3 is 5.97 Å². The van der Waals surface area contributed by atoms with Crippen molar-refractivity contribution in [3.8, 4) is 5.75 Å². The molecule has 2 aromatic rings. The number of nitrogens with one attached hydrogen (secondary N) is 1. The number of esters is 1. The van der Waals surface area contributed by atoms with Crippen LogP contribution in [0.15, 0.2) is 24.3 Å². The third-order valence-corrected chi connectivity index (χ3v) is 3.33. The summed E-state index contributed by atoms with van der Waals surface area (Å²) in [7, 11) is 0. The van der Waals surface area contributed by atoms with Crippen molar-refractivity contribution < 1.29 is 14.3 Å². The number of rotatable bonds is 7. The zero-order chi connectivity index (χ0) is 15.9. The summed E-state index contributed by atoms with van der Waals surface area (Å²) >= 11 is 0. The molecule has 0 saturated heterocycles. The van der Waals surface area contributed by atoms with E-state index in [1.807, 2.05) is 32.0 Å². The average molecular weight is 302 g/mol. The van der Waals surface area contributed by atoms with Crippen LogP contribution in [0.1, 0.15) is 40.7 Å². The molecular formula is C17H22N2O3. The van der Waals surface area contributed by atoms with E-state index in [0.29, 0.717) is 12.3 Å². The van der Waals surface area contributed by atoms with E-state index >= 15 is 0 Å². The molecule has 1 aromatic carbocycles. The molecule has 22 heavy (non-hydrogen) atoms. The van der Waals surface area contributed by atoms with E-state index in [1.54, 1.807) is 6.07 Å². The molecule has 1 N–H and O–H groups in total. The van der Waals surface area contributed by atoms with Crippen LogP contribution < -0.4 is 4.74 Å². The third kappa shape index (κ3) is 4.10. The molecule has 118 valence electrons. The van der Waals surface area contributed by atoms with Crippen molar-refractivity contribution in [2.45, 2.75) is 33.6 Å². The van der Waals surface area contributed by atoms with Gasteiger partial charge in [-0.05, 0) is 37.5 Å². The number of carbonyl (C=O) groups excluding carboxylic acids is 1. The van der Waals surface area contributed by atoms with E-state index in [2.05, 4.69) is 17.1 Å². The Morgan fingerprint density at radius 2 is 1.95 bits per heavy atom. The average Bonchev–Trinajstić information content (AvgIpc) is 2.95. The van der Waals surface area contributed by atoms with Crippen molar-refractivity contribution in [2.75, 3.05) is 13.2 Å². The summed E-state index contributed by atoms with van der Waals surface area (Å²) in [4.78, 5) is 11.8. The highest BCUT2D eigenvalue weighted by Crippen LogP contribution is 2.22. The van der Waals surface area contributed by atoms with Crippen LogP contribution in [-0.4, -0.2) is 29.4 Å². The van der Waals surface area contributed by atoms with Gasteiger partial charge in [0.1, 0.15) is 19.0 Å². The lowest BCUT2D eigenvalue weighted by Gasteiger charge is -2.11. The second-order valence-electron chi connectivity index (χ2n) is 5.23. The highest BCUT2D eigenvalue weighted by Gasteiger charge is 2.12. The number of H-pyrrole nitrogens is 1. The third-order valence-electron chi connectivity index (χ3n) is 3.33. The fourth-order valence-corrected chi connectivity index (χ4v) is 2.24. The monoisotopic (exact) mass is 302 g/mol. The first-order valence-electron chi connectivity index (χ1n) is 7.52. The number of aryl methyl sites for hydroxylation is 3. The van der Waals surface area contributed by atoms with E-state index in [0.717, 1.165) is 35.4 Å². The molecule has 2 rings (SSSR count). The van der Waals surface area contributed by atoms with Gasteiger partial charge in [-0.1, -0.05) is 31.5 Å². The first kappa shape index (κ1) is 16.1. The van der Waals surface area contributed by atoms with Crippen molar-refractivity contribution in [2.24, 2.45) is 0 Å². The Morgan fingerprint density at radius 3 is 2.64 bits per heavy atom. The van der Waals surface area contributed by atoms with Gasteiger partial charge in [0.15, 0.2) is 5.69 Å². The second-order valence-corrected chi connectivity index (χ2v) is 5.23. The Labute approximate surface area is 130 Å². The van der Waals surface area contributed by atoms with Gasteiger partial charge in [0.05, 0.1) is 0 Å². The van der Waals surface area contributed by atoms with Gasteiger partial charge in [-0.3, -0.25) is 5.10 Å². The van der Waals surface area contributed by atoms with E-state index < -0.39 is 5.97 Å². The number of benzene rings is 1. The normalized spacial score (nSPS) is 10.5. The Kier molecular flexibility index (Phi) is 5.58. The fourth-order valence-electron chi connectivity index (χ4n) is 2.24. The summed E-state index contributed by atoms with van der Waals surface area (Å²) in [6.07, 6.45) is 1.87. The van der Waals surface area contributed by atoms with Crippen LogP contribution in [0.3, 0.4) is 0 Å².